The topological polar surface area (TPSA) is 27.0 Å². The van der Waals surface area contributed by atoms with Crippen LogP contribution >= 0.6 is 0 Å². The van der Waals surface area contributed by atoms with Gasteiger partial charge in [-0.1, -0.05) is 27.7 Å². The molecule has 0 fully saturated rings. The fraction of sp³-hybridized carbons (Fsp3) is 0.929. The van der Waals surface area contributed by atoms with Gasteiger partial charge in [-0.05, 0) is 44.7 Å². The highest BCUT2D eigenvalue weighted by atomic mass is 15.1. The lowest BCUT2D eigenvalue weighted by atomic mass is 10.1. The predicted molar refractivity (Wildman–Crippen MR) is 70.1 cm³/mol. The summed E-state index contributed by atoms with van der Waals surface area (Å²) < 4.78 is 0. The number of hydrogen-bond donors (Lipinski definition) is 0. The van der Waals surface area contributed by atoms with Gasteiger partial charge in [0.25, 0.3) is 0 Å². The summed E-state index contributed by atoms with van der Waals surface area (Å²) in [5, 5.41) is 8.86. The van der Waals surface area contributed by atoms with E-state index in [0.29, 0.717) is 0 Å². The van der Waals surface area contributed by atoms with E-state index in [1.54, 1.807) is 0 Å². The summed E-state index contributed by atoms with van der Waals surface area (Å²) >= 11 is 0. The Balaban J connectivity index is 4.01. The molecule has 0 aliphatic rings. The Morgan fingerprint density at radius 2 is 1.38 bits per heavy atom. The van der Waals surface area contributed by atoms with Crippen LogP contribution in [-0.4, -0.2) is 24.5 Å². The number of nitriles is 1. The van der Waals surface area contributed by atoms with Crippen molar-refractivity contribution in [2.24, 2.45) is 17.8 Å². The van der Waals surface area contributed by atoms with E-state index < -0.39 is 0 Å². The Labute approximate surface area is 102 Å². The fourth-order valence-corrected chi connectivity index (χ4v) is 1.60. The first kappa shape index (κ1) is 15.4. The van der Waals surface area contributed by atoms with Crippen LogP contribution in [0.2, 0.25) is 0 Å². The molecular formula is C14H28N2. The molecule has 0 radical (unpaired) electrons. The summed E-state index contributed by atoms with van der Waals surface area (Å²) in [4.78, 5) is 2.45. The van der Waals surface area contributed by atoms with Crippen LogP contribution in [-0.2, 0) is 0 Å². The monoisotopic (exact) mass is 224 g/mol. The van der Waals surface area contributed by atoms with Crippen LogP contribution in [0.15, 0.2) is 0 Å². The van der Waals surface area contributed by atoms with E-state index in [2.05, 4.69) is 38.7 Å². The van der Waals surface area contributed by atoms with Crippen LogP contribution in [0.5, 0.6) is 0 Å². The minimum Gasteiger partial charge on any atom is -0.302 e. The quantitative estimate of drug-likeness (QED) is 0.630. The largest absolute Gasteiger partial charge is 0.302 e. The summed E-state index contributed by atoms with van der Waals surface area (Å²) in [5.41, 5.74) is 0. The van der Waals surface area contributed by atoms with E-state index in [4.69, 9.17) is 5.26 Å². The summed E-state index contributed by atoms with van der Waals surface area (Å²) in [6.45, 7) is 14.2. The molecule has 94 valence electrons. The molecule has 0 amide bonds. The molecule has 0 saturated carbocycles. The molecule has 0 bridgehead atoms. The lowest BCUT2D eigenvalue weighted by molar-refractivity contribution is 0.229. The molecule has 1 atom stereocenters. The van der Waals surface area contributed by atoms with E-state index in [1.165, 1.54) is 12.8 Å². The van der Waals surface area contributed by atoms with Gasteiger partial charge in [-0.2, -0.15) is 5.26 Å². The molecule has 0 rings (SSSR count). The molecule has 0 aliphatic heterocycles. The van der Waals surface area contributed by atoms with Gasteiger partial charge in [0, 0.05) is 6.54 Å². The molecule has 0 spiro atoms. The van der Waals surface area contributed by atoms with E-state index >= 15 is 0 Å². The third-order valence-corrected chi connectivity index (χ3v) is 2.80. The second-order valence-corrected chi connectivity index (χ2v) is 5.70. The Bertz CT molecular complexity index is 191. The predicted octanol–water partition coefficient (Wildman–Crippen LogP) is 3.54. The summed E-state index contributed by atoms with van der Waals surface area (Å²) in [5.74, 6) is 1.65. The molecule has 0 aromatic carbocycles. The zero-order chi connectivity index (χ0) is 12.6. The highest BCUT2D eigenvalue weighted by molar-refractivity contribution is 4.81. The minimum absolute atomic E-state index is 0.152. The van der Waals surface area contributed by atoms with Crippen LogP contribution in [0.3, 0.4) is 0 Å². The van der Waals surface area contributed by atoms with Crippen molar-refractivity contribution in [3.05, 3.63) is 0 Å². The molecule has 2 heteroatoms. The molecule has 0 aliphatic carbocycles. The summed E-state index contributed by atoms with van der Waals surface area (Å²) in [7, 11) is 0. The molecule has 0 saturated heterocycles. The lowest BCUT2D eigenvalue weighted by Crippen LogP contribution is -2.31. The van der Waals surface area contributed by atoms with Crippen LogP contribution in [0.1, 0.15) is 47.5 Å². The Morgan fingerprint density at radius 3 is 1.69 bits per heavy atom. The molecule has 16 heavy (non-hydrogen) atoms. The highest BCUT2D eigenvalue weighted by Gasteiger charge is 2.10. The molecule has 0 aromatic heterocycles. The lowest BCUT2D eigenvalue weighted by Gasteiger charge is -2.25. The van der Waals surface area contributed by atoms with Gasteiger partial charge in [-0.3, -0.25) is 0 Å². The zero-order valence-corrected chi connectivity index (χ0v) is 11.7. The van der Waals surface area contributed by atoms with Crippen molar-refractivity contribution >= 4 is 0 Å². The molecule has 0 aromatic rings. The van der Waals surface area contributed by atoms with Gasteiger partial charge >= 0.3 is 0 Å². The minimum atomic E-state index is 0.152. The molecule has 1 unspecified atom stereocenters. The number of nitrogens with zero attached hydrogens (tertiary/aromatic N) is 2. The summed E-state index contributed by atoms with van der Waals surface area (Å²) in [6, 6.07) is 2.33. The van der Waals surface area contributed by atoms with Crippen molar-refractivity contribution in [2.45, 2.75) is 47.5 Å². The standard InChI is InChI=1S/C14H28N2/c1-12(2)6-8-16(9-7-13(3)4)11-14(5)10-15/h12-14H,6-9,11H2,1-5H3. The van der Waals surface area contributed by atoms with Gasteiger partial charge in [0.05, 0.1) is 12.0 Å². The second-order valence-electron chi connectivity index (χ2n) is 5.70. The van der Waals surface area contributed by atoms with E-state index in [9.17, 15) is 0 Å². The van der Waals surface area contributed by atoms with Crippen molar-refractivity contribution in [3.63, 3.8) is 0 Å². The highest BCUT2D eigenvalue weighted by Crippen LogP contribution is 2.08. The van der Waals surface area contributed by atoms with E-state index in [0.717, 1.165) is 31.5 Å². The maximum Gasteiger partial charge on any atom is 0.0666 e. The average Bonchev–Trinajstić information content (AvgIpc) is 2.21. The number of rotatable bonds is 8. The van der Waals surface area contributed by atoms with Gasteiger partial charge in [-0.25, -0.2) is 0 Å². The SMILES string of the molecule is CC(C)CCN(CCC(C)C)CC(C)C#N. The van der Waals surface area contributed by atoms with Crippen LogP contribution in [0.25, 0.3) is 0 Å². The Morgan fingerprint density at radius 1 is 0.938 bits per heavy atom. The van der Waals surface area contributed by atoms with Crippen molar-refractivity contribution in [2.75, 3.05) is 19.6 Å². The maximum atomic E-state index is 8.86. The van der Waals surface area contributed by atoms with Gasteiger partial charge in [0.15, 0.2) is 0 Å². The fourth-order valence-electron chi connectivity index (χ4n) is 1.60. The zero-order valence-electron chi connectivity index (χ0n) is 11.7. The second kappa shape index (κ2) is 8.58. The van der Waals surface area contributed by atoms with Crippen molar-refractivity contribution < 1.29 is 0 Å². The Hall–Kier alpha value is -0.550. The Kier molecular flexibility index (Phi) is 8.29. The van der Waals surface area contributed by atoms with Crippen LogP contribution < -0.4 is 0 Å². The third kappa shape index (κ3) is 8.73. The van der Waals surface area contributed by atoms with Crippen molar-refractivity contribution in [3.8, 4) is 6.07 Å². The van der Waals surface area contributed by atoms with Crippen molar-refractivity contribution in [1.29, 1.82) is 5.26 Å². The van der Waals surface area contributed by atoms with E-state index in [1.807, 2.05) is 6.92 Å². The van der Waals surface area contributed by atoms with E-state index in [-0.39, 0.29) is 5.92 Å². The van der Waals surface area contributed by atoms with Crippen LogP contribution in [0, 0.1) is 29.1 Å². The van der Waals surface area contributed by atoms with Crippen LogP contribution in [0.4, 0.5) is 0 Å². The normalized spacial score (nSPS) is 13.4. The first-order valence-corrected chi connectivity index (χ1v) is 6.57. The third-order valence-electron chi connectivity index (χ3n) is 2.80. The first-order valence-electron chi connectivity index (χ1n) is 6.57. The van der Waals surface area contributed by atoms with Gasteiger partial charge in [0.2, 0.25) is 0 Å². The molecular weight excluding hydrogens is 196 g/mol. The van der Waals surface area contributed by atoms with Gasteiger partial charge < -0.3 is 4.90 Å². The maximum absolute atomic E-state index is 8.86. The molecule has 0 N–H and O–H groups in total. The molecule has 2 nitrogen and oxygen atoms in total. The smallest absolute Gasteiger partial charge is 0.0666 e. The average molecular weight is 224 g/mol. The van der Waals surface area contributed by atoms with Gasteiger partial charge in [0.1, 0.15) is 0 Å². The number of hydrogen-bond acceptors (Lipinski definition) is 2. The molecule has 0 heterocycles. The first-order chi connectivity index (χ1) is 7.45. The summed E-state index contributed by atoms with van der Waals surface area (Å²) in [6.07, 6.45) is 2.46. The van der Waals surface area contributed by atoms with Crippen molar-refractivity contribution in [1.82, 2.24) is 4.90 Å². The van der Waals surface area contributed by atoms with Gasteiger partial charge in [-0.15, -0.1) is 0 Å².